The monoisotopic (exact) mass is 631 g/mol. The highest BCUT2D eigenvalue weighted by molar-refractivity contribution is 7.92. The van der Waals surface area contributed by atoms with E-state index >= 15 is 0 Å². The topological polar surface area (TPSA) is 96.0 Å². The van der Waals surface area contributed by atoms with Gasteiger partial charge in [0.15, 0.2) is 0 Å². The maximum atomic E-state index is 13.9. The fraction of sp³-hybridized carbons (Fsp3) is 0.375. The number of halogens is 2. The predicted octanol–water partition coefficient (Wildman–Crippen LogP) is 5.45. The first-order chi connectivity index (χ1) is 20.4. The summed E-state index contributed by atoms with van der Waals surface area (Å²) in [6.07, 6.45) is 1.52. The lowest BCUT2D eigenvalue weighted by atomic mass is 10.0. The molecule has 0 radical (unpaired) electrons. The summed E-state index contributed by atoms with van der Waals surface area (Å²) >= 11 is 6.24. The van der Waals surface area contributed by atoms with Crippen LogP contribution in [0.1, 0.15) is 37.8 Å². The minimum atomic E-state index is -3.70. The molecule has 3 aromatic rings. The standard InChI is InChI=1S/C32H39ClFN3O5S/c1-23(2)21-35-32(39)29(19-24-9-6-5-7-10-24)36(22-25-12-14-26(34)15-13-25)31(38)11-8-18-37(43(4,40)41)27-16-17-30(42-3)28(33)20-27/h5-7,9-10,12-17,20,23,29H,8,11,18-19,21-22H2,1-4H3,(H,35,39)/t29-/m1/s1. The zero-order valence-electron chi connectivity index (χ0n) is 24.9. The number of ether oxygens (including phenoxy) is 1. The Morgan fingerprint density at radius 3 is 2.26 bits per heavy atom. The average Bonchev–Trinajstić information content (AvgIpc) is 2.96. The molecule has 232 valence electrons. The molecule has 11 heteroatoms. The number of hydrogen-bond acceptors (Lipinski definition) is 5. The Morgan fingerprint density at radius 2 is 1.67 bits per heavy atom. The number of anilines is 1. The molecule has 0 aliphatic rings. The molecule has 0 bridgehead atoms. The molecular weight excluding hydrogens is 593 g/mol. The number of sulfonamides is 1. The lowest BCUT2D eigenvalue weighted by Crippen LogP contribution is -2.51. The Hall–Kier alpha value is -3.63. The summed E-state index contributed by atoms with van der Waals surface area (Å²) in [4.78, 5) is 28.9. The van der Waals surface area contributed by atoms with Crippen LogP contribution in [0.4, 0.5) is 10.1 Å². The van der Waals surface area contributed by atoms with Gasteiger partial charge in [0.2, 0.25) is 21.8 Å². The van der Waals surface area contributed by atoms with Gasteiger partial charge in [-0.1, -0.05) is 67.9 Å². The summed E-state index contributed by atoms with van der Waals surface area (Å²) in [5, 5.41) is 3.22. The number of amides is 2. The molecule has 0 spiro atoms. The van der Waals surface area contributed by atoms with Crippen molar-refractivity contribution >= 4 is 39.1 Å². The summed E-state index contributed by atoms with van der Waals surface area (Å²) in [5.41, 5.74) is 1.89. The lowest BCUT2D eigenvalue weighted by molar-refractivity contribution is -0.141. The van der Waals surface area contributed by atoms with Crippen molar-refractivity contribution in [3.05, 3.63) is 94.8 Å². The van der Waals surface area contributed by atoms with Crippen molar-refractivity contribution in [2.45, 2.75) is 45.7 Å². The Labute approximate surface area is 258 Å². The molecule has 43 heavy (non-hydrogen) atoms. The predicted molar refractivity (Wildman–Crippen MR) is 168 cm³/mol. The van der Waals surface area contributed by atoms with Gasteiger partial charge in [0.25, 0.3) is 0 Å². The molecule has 0 aliphatic heterocycles. The number of carbonyl (C=O) groups is 2. The third-order valence-electron chi connectivity index (χ3n) is 6.80. The van der Waals surface area contributed by atoms with Crippen molar-refractivity contribution in [2.75, 3.05) is 30.8 Å². The second-order valence-corrected chi connectivity index (χ2v) is 13.1. The Kier molecular flexibility index (Phi) is 12.4. The number of nitrogens with one attached hydrogen (secondary N) is 1. The first-order valence-corrected chi connectivity index (χ1v) is 16.3. The minimum absolute atomic E-state index is 0.0144. The number of methoxy groups -OCH3 is 1. The molecule has 0 unspecified atom stereocenters. The van der Waals surface area contributed by atoms with Crippen LogP contribution in [-0.4, -0.2) is 57.6 Å². The van der Waals surface area contributed by atoms with Crippen LogP contribution in [-0.2, 0) is 32.6 Å². The number of nitrogens with zero attached hydrogens (tertiary/aromatic N) is 2. The van der Waals surface area contributed by atoms with E-state index in [-0.39, 0.29) is 55.1 Å². The third-order valence-corrected chi connectivity index (χ3v) is 8.29. The highest BCUT2D eigenvalue weighted by atomic mass is 35.5. The molecule has 0 aromatic heterocycles. The summed E-state index contributed by atoms with van der Waals surface area (Å²) in [7, 11) is -2.24. The summed E-state index contributed by atoms with van der Waals surface area (Å²) in [6.45, 7) is 4.50. The SMILES string of the molecule is COc1ccc(N(CCCC(=O)N(Cc2ccc(F)cc2)[C@H](Cc2ccccc2)C(=O)NCC(C)C)S(C)(=O)=O)cc1Cl. The van der Waals surface area contributed by atoms with Crippen LogP contribution >= 0.6 is 11.6 Å². The number of hydrogen-bond donors (Lipinski definition) is 1. The van der Waals surface area contributed by atoms with Gasteiger partial charge in [-0.05, 0) is 53.8 Å². The van der Waals surface area contributed by atoms with Crippen LogP contribution in [0.25, 0.3) is 0 Å². The van der Waals surface area contributed by atoms with E-state index in [9.17, 15) is 22.4 Å². The second-order valence-electron chi connectivity index (χ2n) is 10.8. The van der Waals surface area contributed by atoms with Gasteiger partial charge < -0.3 is 15.0 Å². The summed E-state index contributed by atoms with van der Waals surface area (Å²) < 4.78 is 45.4. The van der Waals surface area contributed by atoms with Gasteiger partial charge in [0.05, 0.1) is 24.1 Å². The fourth-order valence-corrected chi connectivity index (χ4v) is 5.79. The van der Waals surface area contributed by atoms with Crippen LogP contribution in [0.15, 0.2) is 72.8 Å². The van der Waals surface area contributed by atoms with Crippen molar-refractivity contribution in [1.82, 2.24) is 10.2 Å². The van der Waals surface area contributed by atoms with E-state index in [2.05, 4.69) is 5.32 Å². The van der Waals surface area contributed by atoms with E-state index in [4.69, 9.17) is 16.3 Å². The van der Waals surface area contributed by atoms with Gasteiger partial charge in [-0.2, -0.15) is 0 Å². The van der Waals surface area contributed by atoms with Gasteiger partial charge in [-0.25, -0.2) is 12.8 Å². The van der Waals surface area contributed by atoms with E-state index in [1.807, 2.05) is 44.2 Å². The largest absolute Gasteiger partial charge is 0.495 e. The highest BCUT2D eigenvalue weighted by Crippen LogP contribution is 2.30. The fourth-order valence-electron chi connectivity index (χ4n) is 4.58. The molecule has 1 N–H and O–H groups in total. The van der Waals surface area contributed by atoms with Crippen LogP contribution in [0.3, 0.4) is 0 Å². The maximum absolute atomic E-state index is 13.9. The minimum Gasteiger partial charge on any atom is -0.495 e. The van der Waals surface area contributed by atoms with Crippen LogP contribution in [0.5, 0.6) is 5.75 Å². The van der Waals surface area contributed by atoms with Gasteiger partial charge in [-0.15, -0.1) is 0 Å². The Bertz CT molecular complexity index is 1470. The molecule has 3 rings (SSSR count). The third kappa shape index (κ3) is 10.2. The van der Waals surface area contributed by atoms with Gasteiger partial charge in [0, 0.05) is 32.5 Å². The second kappa shape index (κ2) is 15.7. The van der Waals surface area contributed by atoms with Crippen molar-refractivity contribution in [3.63, 3.8) is 0 Å². The number of carbonyl (C=O) groups excluding carboxylic acids is 2. The van der Waals surface area contributed by atoms with E-state index < -0.39 is 21.9 Å². The molecular formula is C32H39ClFN3O5S. The van der Waals surface area contributed by atoms with Crippen molar-refractivity contribution in [1.29, 1.82) is 0 Å². The molecule has 2 amide bonds. The first-order valence-electron chi connectivity index (χ1n) is 14.1. The molecule has 0 saturated carbocycles. The highest BCUT2D eigenvalue weighted by Gasteiger charge is 2.30. The normalized spacial score (nSPS) is 12.1. The van der Waals surface area contributed by atoms with Crippen LogP contribution in [0.2, 0.25) is 5.02 Å². The first kappa shape index (κ1) is 33.9. The number of rotatable bonds is 15. The smallest absolute Gasteiger partial charge is 0.243 e. The van der Waals surface area contributed by atoms with Crippen LogP contribution in [0, 0.1) is 11.7 Å². The quantitative estimate of drug-likeness (QED) is 0.241. The van der Waals surface area contributed by atoms with E-state index in [1.165, 1.54) is 34.5 Å². The Balaban J connectivity index is 1.88. The molecule has 1 atom stereocenters. The lowest BCUT2D eigenvalue weighted by Gasteiger charge is -2.32. The van der Waals surface area contributed by atoms with Crippen LogP contribution < -0.4 is 14.4 Å². The molecule has 0 aliphatic carbocycles. The van der Waals surface area contributed by atoms with Gasteiger partial charge in [-0.3, -0.25) is 13.9 Å². The van der Waals surface area contributed by atoms with Crippen molar-refractivity contribution < 1.29 is 27.1 Å². The summed E-state index contributed by atoms with van der Waals surface area (Å²) in [6, 6.07) is 19.0. The molecule has 3 aromatic carbocycles. The van der Waals surface area contributed by atoms with E-state index in [1.54, 1.807) is 24.3 Å². The van der Waals surface area contributed by atoms with Gasteiger partial charge >= 0.3 is 0 Å². The summed E-state index contributed by atoms with van der Waals surface area (Å²) in [5.74, 6) is -0.414. The Morgan fingerprint density at radius 1 is 1.00 bits per heavy atom. The zero-order chi connectivity index (χ0) is 31.6. The molecule has 0 heterocycles. The van der Waals surface area contributed by atoms with E-state index in [0.717, 1.165) is 11.8 Å². The van der Waals surface area contributed by atoms with Gasteiger partial charge in [0.1, 0.15) is 17.6 Å². The van der Waals surface area contributed by atoms with Crippen molar-refractivity contribution in [2.24, 2.45) is 5.92 Å². The molecule has 8 nitrogen and oxygen atoms in total. The van der Waals surface area contributed by atoms with E-state index in [0.29, 0.717) is 23.5 Å². The van der Waals surface area contributed by atoms with Crippen molar-refractivity contribution in [3.8, 4) is 5.75 Å². The molecule has 0 fully saturated rings. The number of benzene rings is 3. The maximum Gasteiger partial charge on any atom is 0.243 e. The average molecular weight is 632 g/mol. The zero-order valence-corrected chi connectivity index (χ0v) is 26.5. The molecule has 0 saturated heterocycles.